The normalized spacial score (nSPS) is 15.5. The molecule has 1 fully saturated rings. The molecule has 0 amide bonds. The monoisotopic (exact) mass is 498 g/mol. The first-order valence-electron chi connectivity index (χ1n) is 11.2. The smallest absolute Gasteiger partial charge is 0.247 e. The zero-order valence-corrected chi connectivity index (χ0v) is 20.3. The highest BCUT2D eigenvalue weighted by molar-refractivity contribution is 7.98. The van der Waals surface area contributed by atoms with E-state index in [0.29, 0.717) is 27.7 Å². The van der Waals surface area contributed by atoms with Crippen molar-refractivity contribution in [2.45, 2.75) is 43.1 Å². The quantitative estimate of drug-likeness (QED) is 0.291. The van der Waals surface area contributed by atoms with Gasteiger partial charge in [-0.2, -0.15) is 0 Å². The van der Waals surface area contributed by atoms with E-state index in [0.717, 1.165) is 30.2 Å². The van der Waals surface area contributed by atoms with Crippen LogP contribution in [0.2, 0.25) is 5.02 Å². The maximum atomic E-state index is 13.6. The molecule has 7 nitrogen and oxygen atoms in total. The van der Waals surface area contributed by atoms with E-state index in [1.165, 1.54) is 43.2 Å². The van der Waals surface area contributed by atoms with Crippen LogP contribution in [0.5, 0.6) is 0 Å². The lowest BCUT2D eigenvalue weighted by atomic mass is 10.1. The van der Waals surface area contributed by atoms with Crippen LogP contribution >= 0.6 is 23.4 Å². The molecule has 3 heterocycles. The molecule has 1 atom stereocenters. The molecule has 0 spiro atoms. The van der Waals surface area contributed by atoms with Gasteiger partial charge in [0.25, 0.3) is 0 Å². The maximum absolute atomic E-state index is 13.6. The summed E-state index contributed by atoms with van der Waals surface area (Å²) in [5.74, 6) is 1.90. The number of thioether (sulfide) groups is 1. The summed E-state index contributed by atoms with van der Waals surface area (Å²) >= 11 is 7.42. The van der Waals surface area contributed by atoms with Gasteiger partial charge in [0.05, 0.1) is 11.8 Å². The summed E-state index contributed by atoms with van der Waals surface area (Å²) in [6, 6.07) is 13.7. The van der Waals surface area contributed by atoms with Gasteiger partial charge >= 0.3 is 0 Å². The van der Waals surface area contributed by atoms with Gasteiger partial charge in [-0.15, -0.1) is 20.4 Å². The topological polar surface area (TPSA) is 72.9 Å². The first-order chi connectivity index (χ1) is 16.6. The van der Waals surface area contributed by atoms with Crippen LogP contribution < -0.4 is 0 Å². The fourth-order valence-corrected chi connectivity index (χ4v) is 5.02. The predicted octanol–water partition coefficient (Wildman–Crippen LogP) is 5.95. The number of piperidine rings is 1. The van der Waals surface area contributed by atoms with Crippen molar-refractivity contribution in [3.05, 3.63) is 71.1 Å². The Bertz CT molecular complexity index is 1240. The highest BCUT2D eigenvalue weighted by atomic mass is 35.5. The molecule has 10 heteroatoms. The van der Waals surface area contributed by atoms with E-state index in [-0.39, 0.29) is 11.9 Å². The fourth-order valence-electron chi connectivity index (χ4n) is 4.09. The van der Waals surface area contributed by atoms with E-state index in [4.69, 9.17) is 16.0 Å². The van der Waals surface area contributed by atoms with Crippen molar-refractivity contribution in [3.8, 4) is 17.1 Å². The van der Waals surface area contributed by atoms with Crippen LogP contribution in [0.1, 0.15) is 43.9 Å². The molecule has 5 rings (SSSR count). The van der Waals surface area contributed by atoms with Crippen LogP contribution in [0.25, 0.3) is 17.1 Å². The van der Waals surface area contributed by atoms with E-state index in [2.05, 4.69) is 32.2 Å². The minimum Gasteiger partial charge on any atom is -0.420 e. The second-order valence-electron chi connectivity index (χ2n) is 8.22. The largest absolute Gasteiger partial charge is 0.420 e. The molecule has 34 heavy (non-hydrogen) atoms. The minimum atomic E-state index is -0.280. The maximum Gasteiger partial charge on any atom is 0.247 e. The summed E-state index contributed by atoms with van der Waals surface area (Å²) < 4.78 is 21.5. The van der Waals surface area contributed by atoms with Gasteiger partial charge in [0, 0.05) is 16.3 Å². The van der Waals surface area contributed by atoms with Crippen molar-refractivity contribution >= 4 is 23.4 Å². The van der Waals surface area contributed by atoms with Gasteiger partial charge in [-0.05, 0) is 81.4 Å². The van der Waals surface area contributed by atoms with Gasteiger partial charge in [0.1, 0.15) is 5.82 Å². The minimum absolute atomic E-state index is 0.0899. The lowest BCUT2D eigenvalue weighted by molar-refractivity contribution is 0.167. The highest BCUT2D eigenvalue weighted by Crippen LogP contribution is 2.31. The van der Waals surface area contributed by atoms with Crippen LogP contribution in [0.4, 0.5) is 4.39 Å². The molecule has 1 aliphatic heterocycles. The fraction of sp³-hybridized carbons (Fsp3) is 0.333. The number of hydrogen-bond acceptors (Lipinski definition) is 7. The van der Waals surface area contributed by atoms with Crippen LogP contribution in [-0.4, -0.2) is 43.0 Å². The summed E-state index contributed by atoms with van der Waals surface area (Å²) in [4.78, 5) is 2.43. The highest BCUT2D eigenvalue weighted by Gasteiger charge is 2.26. The van der Waals surface area contributed by atoms with E-state index in [1.54, 1.807) is 24.3 Å². The molecule has 4 aromatic rings. The molecular weight excluding hydrogens is 475 g/mol. The lowest BCUT2D eigenvalue weighted by Gasteiger charge is -2.31. The summed E-state index contributed by atoms with van der Waals surface area (Å²) in [6.07, 6.45) is 3.63. The van der Waals surface area contributed by atoms with E-state index in [1.807, 2.05) is 16.7 Å². The summed E-state index contributed by atoms with van der Waals surface area (Å²) in [5, 5.41) is 18.7. The van der Waals surface area contributed by atoms with E-state index < -0.39 is 0 Å². The van der Waals surface area contributed by atoms with Crippen molar-refractivity contribution < 1.29 is 8.81 Å². The van der Waals surface area contributed by atoms with Gasteiger partial charge in [-0.25, -0.2) is 4.39 Å². The molecular formula is C24H24ClFN6OS. The number of halogens is 2. The van der Waals surface area contributed by atoms with Gasteiger partial charge in [-0.3, -0.25) is 9.47 Å². The average Bonchev–Trinajstić information content (AvgIpc) is 3.51. The Labute approximate surface area is 206 Å². The molecule has 2 aromatic heterocycles. The number of benzene rings is 2. The Kier molecular flexibility index (Phi) is 6.94. The molecule has 0 aliphatic carbocycles. The Morgan fingerprint density at radius 1 is 0.971 bits per heavy atom. The molecule has 0 radical (unpaired) electrons. The molecule has 0 bridgehead atoms. The second kappa shape index (κ2) is 10.2. The van der Waals surface area contributed by atoms with Gasteiger partial charge in [-0.1, -0.05) is 29.8 Å². The van der Waals surface area contributed by atoms with Crippen molar-refractivity contribution in [1.82, 2.24) is 29.9 Å². The van der Waals surface area contributed by atoms with Gasteiger partial charge in [0.2, 0.25) is 11.8 Å². The van der Waals surface area contributed by atoms with Crippen LogP contribution in [0.3, 0.4) is 0 Å². The van der Waals surface area contributed by atoms with Crippen molar-refractivity contribution in [2.24, 2.45) is 0 Å². The summed E-state index contributed by atoms with van der Waals surface area (Å²) in [6.45, 7) is 4.23. The molecule has 176 valence electrons. The number of hydrogen-bond donors (Lipinski definition) is 0. The van der Waals surface area contributed by atoms with Crippen molar-refractivity contribution in [1.29, 1.82) is 0 Å². The predicted molar refractivity (Wildman–Crippen MR) is 129 cm³/mol. The van der Waals surface area contributed by atoms with E-state index in [9.17, 15) is 4.39 Å². The average molecular weight is 499 g/mol. The third-order valence-corrected chi connectivity index (χ3v) is 7.10. The summed E-state index contributed by atoms with van der Waals surface area (Å²) in [5.41, 5.74) is 1.63. The SMILES string of the molecule is C[C@H](c1nnc(SCc2nnc(-c3ccc(Cl)cc3)o2)n1-c1ccc(F)cc1)N1CCCCC1. The van der Waals surface area contributed by atoms with Crippen LogP contribution in [-0.2, 0) is 5.75 Å². The van der Waals surface area contributed by atoms with Gasteiger partial charge < -0.3 is 4.42 Å². The third-order valence-electron chi connectivity index (χ3n) is 5.94. The Morgan fingerprint density at radius 2 is 1.71 bits per heavy atom. The molecule has 2 aromatic carbocycles. The number of aromatic nitrogens is 5. The van der Waals surface area contributed by atoms with E-state index >= 15 is 0 Å². The number of nitrogens with zero attached hydrogens (tertiary/aromatic N) is 6. The Balaban J connectivity index is 1.39. The summed E-state index contributed by atoms with van der Waals surface area (Å²) in [7, 11) is 0. The van der Waals surface area contributed by atoms with Crippen LogP contribution in [0.15, 0.2) is 58.1 Å². The van der Waals surface area contributed by atoms with Gasteiger partial charge in [0.15, 0.2) is 11.0 Å². The standard InChI is InChI=1S/C24H24ClFN6OS/c1-16(31-13-3-2-4-14-31)22-28-30-24(32(22)20-11-9-19(26)10-12-20)34-15-21-27-29-23(33-21)17-5-7-18(25)8-6-17/h5-12,16H,2-4,13-15H2,1H3/t16-/m1/s1. The molecule has 0 saturated carbocycles. The second-order valence-corrected chi connectivity index (χ2v) is 9.60. The Hall–Kier alpha value is -2.75. The first kappa shape index (κ1) is 23.0. The Morgan fingerprint density at radius 3 is 2.44 bits per heavy atom. The zero-order chi connectivity index (χ0) is 23.5. The zero-order valence-electron chi connectivity index (χ0n) is 18.7. The van der Waals surface area contributed by atoms with Crippen molar-refractivity contribution in [2.75, 3.05) is 13.1 Å². The van der Waals surface area contributed by atoms with Crippen LogP contribution in [0, 0.1) is 5.82 Å². The molecule has 1 saturated heterocycles. The lowest BCUT2D eigenvalue weighted by Crippen LogP contribution is -2.33. The third kappa shape index (κ3) is 5.01. The molecule has 0 N–H and O–H groups in total. The first-order valence-corrected chi connectivity index (χ1v) is 12.6. The number of rotatable bonds is 7. The number of likely N-dealkylation sites (tertiary alicyclic amines) is 1. The van der Waals surface area contributed by atoms with Crippen molar-refractivity contribution in [3.63, 3.8) is 0 Å². The molecule has 0 unspecified atom stereocenters. The molecule has 1 aliphatic rings.